The van der Waals surface area contributed by atoms with E-state index < -0.39 is 0 Å². The van der Waals surface area contributed by atoms with Gasteiger partial charge in [-0.2, -0.15) is 0 Å². The van der Waals surface area contributed by atoms with Crippen LogP contribution in [-0.2, 0) is 0 Å². The monoisotopic (exact) mass is 274 g/mol. The Bertz CT molecular complexity index is 769. The molecule has 0 radical (unpaired) electrons. The molecule has 19 heavy (non-hydrogen) atoms. The quantitative estimate of drug-likeness (QED) is 0.717. The van der Waals surface area contributed by atoms with Gasteiger partial charge in [-0.1, -0.05) is 0 Å². The minimum Gasteiger partial charge on any atom is -0.506 e. The van der Waals surface area contributed by atoms with Crippen molar-refractivity contribution in [3.63, 3.8) is 0 Å². The second-order valence-electron chi connectivity index (χ2n) is 3.98. The van der Waals surface area contributed by atoms with Gasteiger partial charge in [0, 0.05) is 23.8 Å². The second kappa shape index (κ2) is 5.12. The van der Waals surface area contributed by atoms with Crippen molar-refractivity contribution < 1.29 is 5.11 Å². The topological polar surface area (TPSA) is 66.0 Å². The fourth-order valence-corrected chi connectivity index (χ4v) is 2.02. The molecule has 1 aromatic carbocycles. The summed E-state index contributed by atoms with van der Waals surface area (Å²) >= 11 is 0. The number of phenols is 1. The lowest BCUT2D eigenvalue weighted by Crippen LogP contribution is -2.02. The van der Waals surface area contributed by atoms with E-state index in [-0.39, 0.29) is 23.7 Å². The van der Waals surface area contributed by atoms with Gasteiger partial charge in [-0.25, -0.2) is 0 Å². The lowest BCUT2D eigenvalue weighted by atomic mass is 10.0. The van der Waals surface area contributed by atoms with Crippen molar-refractivity contribution >= 4 is 23.3 Å². The van der Waals surface area contributed by atoms with E-state index in [9.17, 15) is 9.90 Å². The summed E-state index contributed by atoms with van der Waals surface area (Å²) < 4.78 is 0. The van der Waals surface area contributed by atoms with E-state index in [2.05, 4.69) is 9.97 Å². The highest BCUT2D eigenvalue weighted by Gasteiger charge is 2.07. The minimum absolute atomic E-state index is 0. The molecule has 5 heteroatoms. The molecule has 0 atom stereocenters. The molecular weight excluding hydrogens is 264 g/mol. The zero-order valence-electron chi connectivity index (χ0n) is 9.83. The van der Waals surface area contributed by atoms with Gasteiger partial charge in [0.1, 0.15) is 5.75 Å². The number of aromatic hydroxyl groups is 1. The first-order valence-corrected chi connectivity index (χ1v) is 5.51. The number of hydrogen-bond donors (Lipinski definition) is 2. The third-order valence-corrected chi connectivity index (χ3v) is 2.86. The molecule has 3 aromatic rings. The van der Waals surface area contributed by atoms with E-state index >= 15 is 0 Å². The fourth-order valence-electron chi connectivity index (χ4n) is 2.02. The first-order valence-electron chi connectivity index (χ1n) is 5.51. The predicted molar refractivity (Wildman–Crippen MR) is 76.7 cm³/mol. The van der Waals surface area contributed by atoms with Crippen molar-refractivity contribution in [3.8, 4) is 16.9 Å². The molecule has 3 rings (SSSR count). The van der Waals surface area contributed by atoms with Crippen LogP contribution in [0.4, 0.5) is 0 Å². The summed E-state index contributed by atoms with van der Waals surface area (Å²) in [6.07, 6.45) is 3.42. The number of hydrogen-bond acceptors (Lipinski definition) is 3. The zero-order chi connectivity index (χ0) is 12.5. The summed E-state index contributed by atoms with van der Waals surface area (Å²) in [6.45, 7) is 0. The molecule has 0 spiro atoms. The van der Waals surface area contributed by atoms with Crippen LogP contribution < -0.4 is 5.56 Å². The van der Waals surface area contributed by atoms with Crippen molar-refractivity contribution in [1.29, 1.82) is 0 Å². The summed E-state index contributed by atoms with van der Waals surface area (Å²) in [7, 11) is 0. The number of benzene rings is 1. The summed E-state index contributed by atoms with van der Waals surface area (Å²) in [4.78, 5) is 17.9. The Hall–Kier alpha value is -2.33. The number of phenolic OH excluding ortho intramolecular Hbond substituents is 1. The number of nitrogens with one attached hydrogen (secondary N) is 1. The molecule has 0 bridgehead atoms. The molecule has 4 nitrogen and oxygen atoms in total. The van der Waals surface area contributed by atoms with Crippen LogP contribution in [0.15, 0.2) is 53.6 Å². The van der Waals surface area contributed by atoms with Crippen LogP contribution in [0.1, 0.15) is 0 Å². The Morgan fingerprint density at radius 1 is 1.00 bits per heavy atom. The Labute approximate surface area is 115 Å². The number of rotatable bonds is 1. The Morgan fingerprint density at radius 3 is 2.47 bits per heavy atom. The van der Waals surface area contributed by atoms with Gasteiger partial charge in [-0.3, -0.25) is 9.78 Å². The van der Waals surface area contributed by atoms with Crippen LogP contribution in [0.3, 0.4) is 0 Å². The Kier molecular flexibility index (Phi) is 3.53. The van der Waals surface area contributed by atoms with Crippen LogP contribution >= 0.6 is 12.4 Å². The summed E-state index contributed by atoms with van der Waals surface area (Å²) in [5.74, 6) is 0.0699. The molecule has 2 N–H and O–H groups in total. The van der Waals surface area contributed by atoms with Gasteiger partial charge in [0.2, 0.25) is 5.56 Å². The van der Waals surface area contributed by atoms with Gasteiger partial charge in [-0.05, 0) is 41.5 Å². The maximum atomic E-state index is 11.3. The maximum Gasteiger partial charge on any atom is 0.248 e. The number of halogens is 1. The number of aromatic nitrogens is 2. The smallest absolute Gasteiger partial charge is 0.248 e. The molecule has 0 unspecified atom stereocenters. The number of aromatic amines is 1. The van der Waals surface area contributed by atoms with Crippen LogP contribution in [0.5, 0.6) is 5.75 Å². The molecule has 2 heterocycles. The minimum atomic E-state index is -0.232. The van der Waals surface area contributed by atoms with E-state index in [0.717, 1.165) is 16.5 Å². The average molecular weight is 275 g/mol. The van der Waals surface area contributed by atoms with E-state index in [0.29, 0.717) is 5.52 Å². The van der Waals surface area contributed by atoms with E-state index in [1.54, 1.807) is 24.5 Å². The fraction of sp³-hybridized carbons (Fsp3) is 0. The average Bonchev–Trinajstić information content (AvgIpc) is 2.41. The molecule has 0 amide bonds. The number of H-pyrrole nitrogens is 1. The van der Waals surface area contributed by atoms with Gasteiger partial charge in [0.25, 0.3) is 0 Å². The SMILES string of the molecule is Cl.O=c1ccc2c(-c3ccncc3)ccc(O)c2[nH]1. The van der Waals surface area contributed by atoms with Crippen molar-refractivity contribution in [3.05, 3.63) is 59.1 Å². The molecule has 0 aliphatic heterocycles. The largest absolute Gasteiger partial charge is 0.506 e. The van der Waals surface area contributed by atoms with Gasteiger partial charge < -0.3 is 10.1 Å². The standard InChI is InChI=1S/C14H10N2O2.ClH/c17-12-3-1-10(9-5-7-15-8-6-9)11-2-4-13(18)16-14(11)12;/h1-8,17H,(H,16,18);1H. The molecule has 0 aliphatic rings. The Balaban J connectivity index is 0.00000133. The van der Waals surface area contributed by atoms with E-state index in [1.807, 2.05) is 18.2 Å². The van der Waals surface area contributed by atoms with E-state index in [4.69, 9.17) is 0 Å². The lowest BCUT2D eigenvalue weighted by molar-refractivity contribution is 0.480. The number of pyridine rings is 2. The number of nitrogens with zero attached hydrogens (tertiary/aromatic N) is 1. The third-order valence-electron chi connectivity index (χ3n) is 2.86. The zero-order valence-corrected chi connectivity index (χ0v) is 10.6. The molecule has 0 aliphatic carbocycles. The van der Waals surface area contributed by atoms with Crippen LogP contribution in [0.2, 0.25) is 0 Å². The lowest BCUT2D eigenvalue weighted by Gasteiger charge is -2.07. The highest BCUT2D eigenvalue weighted by molar-refractivity contribution is 5.97. The highest BCUT2D eigenvalue weighted by atomic mass is 35.5. The predicted octanol–water partition coefficient (Wildman–Crippen LogP) is 2.72. The third kappa shape index (κ3) is 2.30. The van der Waals surface area contributed by atoms with Gasteiger partial charge in [0.05, 0.1) is 5.52 Å². The normalized spacial score (nSPS) is 10.1. The summed E-state index contributed by atoms with van der Waals surface area (Å²) in [5, 5.41) is 10.6. The Morgan fingerprint density at radius 2 is 1.74 bits per heavy atom. The second-order valence-corrected chi connectivity index (χ2v) is 3.98. The molecule has 0 saturated heterocycles. The summed E-state index contributed by atoms with van der Waals surface area (Å²) in [5.41, 5.74) is 2.16. The maximum absolute atomic E-state index is 11.3. The molecule has 96 valence electrons. The van der Waals surface area contributed by atoms with Gasteiger partial charge in [0.15, 0.2) is 0 Å². The highest BCUT2D eigenvalue weighted by Crippen LogP contribution is 2.31. The van der Waals surface area contributed by atoms with Crippen LogP contribution in [-0.4, -0.2) is 15.1 Å². The van der Waals surface area contributed by atoms with Crippen molar-refractivity contribution in [2.75, 3.05) is 0 Å². The molecule has 2 aromatic heterocycles. The van der Waals surface area contributed by atoms with Crippen molar-refractivity contribution in [1.82, 2.24) is 9.97 Å². The summed E-state index contributed by atoms with van der Waals surface area (Å²) in [6, 6.07) is 10.3. The van der Waals surface area contributed by atoms with Crippen LogP contribution in [0, 0.1) is 0 Å². The molecular formula is C14H11ClN2O2. The number of fused-ring (bicyclic) bond motifs is 1. The molecule has 0 saturated carbocycles. The van der Waals surface area contributed by atoms with Gasteiger partial charge in [-0.15, -0.1) is 12.4 Å². The molecule has 0 fully saturated rings. The van der Waals surface area contributed by atoms with Gasteiger partial charge >= 0.3 is 0 Å². The van der Waals surface area contributed by atoms with E-state index in [1.165, 1.54) is 6.07 Å². The van der Waals surface area contributed by atoms with Crippen molar-refractivity contribution in [2.45, 2.75) is 0 Å². The first-order chi connectivity index (χ1) is 8.75. The first kappa shape index (κ1) is 13.1. The van der Waals surface area contributed by atoms with Crippen LogP contribution in [0.25, 0.3) is 22.0 Å². The van der Waals surface area contributed by atoms with Crippen molar-refractivity contribution in [2.24, 2.45) is 0 Å².